The molecule has 3 nitrogen and oxygen atoms in total. The van der Waals surface area contributed by atoms with Gasteiger partial charge in [-0.2, -0.15) is 0 Å². The lowest BCUT2D eigenvalue weighted by atomic mass is 10.1. The molecule has 1 unspecified atom stereocenters. The average molecular weight is 250 g/mol. The van der Waals surface area contributed by atoms with Gasteiger partial charge in [0.15, 0.2) is 0 Å². The molecule has 0 aliphatic heterocycles. The molecule has 0 aliphatic rings. The summed E-state index contributed by atoms with van der Waals surface area (Å²) in [6, 6.07) is 7.74. The summed E-state index contributed by atoms with van der Waals surface area (Å²) >= 11 is 0. The summed E-state index contributed by atoms with van der Waals surface area (Å²) in [7, 11) is 0. The monoisotopic (exact) mass is 250 g/mol. The number of phenolic OH excluding ortho intramolecular Hbond substituents is 1. The van der Waals surface area contributed by atoms with E-state index in [4.69, 9.17) is 0 Å². The summed E-state index contributed by atoms with van der Waals surface area (Å²) in [6.07, 6.45) is 1.21. The maximum Gasteiger partial charge on any atom is 0.115 e. The Morgan fingerprint density at radius 2 is 1.83 bits per heavy atom. The zero-order chi connectivity index (χ0) is 13.4. The van der Waals surface area contributed by atoms with Gasteiger partial charge in [-0.1, -0.05) is 26.0 Å². The van der Waals surface area contributed by atoms with Gasteiger partial charge in [-0.05, 0) is 44.1 Å². The fourth-order valence-corrected chi connectivity index (χ4v) is 2.06. The largest absolute Gasteiger partial charge is 0.508 e. The maximum absolute atomic E-state index is 9.25. The van der Waals surface area contributed by atoms with Gasteiger partial charge in [0.05, 0.1) is 0 Å². The minimum atomic E-state index is 0.325. The normalized spacial score (nSPS) is 12.9. The number of nitrogens with one attached hydrogen (secondary N) is 1. The average Bonchev–Trinajstić information content (AvgIpc) is 2.38. The van der Waals surface area contributed by atoms with Crippen molar-refractivity contribution in [3.63, 3.8) is 0 Å². The van der Waals surface area contributed by atoms with E-state index in [2.05, 4.69) is 31.0 Å². The molecule has 0 aromatic heterocycles. The number of hydrogen-bond donors (Lipinski definition) is 2. The molecule has 18 heavy (non-hydrogen) atoms. The molecule has 0 fully saturated rings. The molecular weight excluding hydrogens is 224 g/mol. The molecule has 0 saturated carbocycles. The van der Waals surface area contributed by atoms with E-state index in [0.717, 1.165) is 19.6 Å². The van der Waals surface area contributed by atoms with E-state index in [0.29, 0.717) is 11.8 Å². The van der Waals surface area contributed by atoms with E-state index >= 15 is 0 Å². The van der Waals surface area contributed by atoms with Crippen molar-refractivity contribution in [2.45, 2.75) is 33.2 Å². The predicted molar refractivity (Wildman–Crippen MR) is 76.9 cm³/mol. The number of aromatic hydroxyl groups is 1. The minimum Gasteiger partial charge on any atom is -0.508 e. The standard InChI is InChI=1S/C15H26N2O/c1-4-11-17(5-2)12-10-16-13(3)14-6-8-15(18)9-7-14/h6-9,13,16,18H,4-5,10-12H2,1-3H3. The molecule has 0 radical (unpaired) electrons. The smallest absolute Gasteiger partial charge is 0.115 e. The lowest BCUT2D eigenvalue weighted by Crippen LogP contribution is -2.33. The van der Waals surface area contributed by atoms with Gasteiger partial charge in [-0.25, -0.2) is 0 Å². The topological polar surface area (TPSA) is 35.5 Å². The highest BCUT2D eigenvalue weighted by Gasteiger charge is 2.05. The third-order valence-electron chi connectivity index (χ3n) is 3.26. The molecule has 0 aliphatic carbocycles. The Balaban J connectivity index is 2.32. The van der Waals surface area contributed by atoms with Crippen LogP contribution < -0.4 is 5.32 Å². The molecule has 1 aromatic rings. The van der Waals surface area contributed by atoms with Crippen LogP contribution in [-0.2, 0) is 0 Å². The van der Waals surface area contributed by atoms with Gasteiger partial charge in [0, 0.05) is 19.1 Å². The van der Waals surface area contributed by atoms with Crippen LogP contribution in [0.3, 0.4) is 0 Å². The first-order chi connectivity index (χ1) is 8.67. The second-order valence-electron chi connectivity index (χ2n) is 4.70. The first-order valence-electron chi connectivity index (χ1n) is 6.92. The van der Waals surface area contributed by atoms with Gasteiger partial charge in [0.25, 0.3) is 0 Å². The summed E-state index contributed by atoms with van der Waals surface area (Å²) in [5, 5.41) is 12.8. The van der Waals surface area contributed by atoms with Gasteiger partial charge in [0.1, 0.15) is 5.75 Å². The molecule has 2 N–H and O–H groups in total. The number of rotatable bonds is 8. The zero-order valence-corrected chi connectivity index (χ0v) is 11.8. The lowest BCUT2D eigenvalue weighted by Gasteiger charge is -2.21. The van der Waals surface area contributed by atoms with E-state index in [1.165, 1.54) is 18.5 Å². The number of likely N-dealkylation sites (N-methyl/N-ethyl adjacent to an activating group) is 1. The molecule has 1 atom stereocenters. The van der Waals surface area contributed by atoms with Crippen molar-refractivity contribution < 1.29 is 5.11 Å². The van der Waals surface area contributed by atoms with Crippen molar-refractivity contribution in [1.29, 1.82) is 0 Å². The number of nitrogens with zero attached hydrogens (tertiary/aromatic N) is 1. The summed E-state index contributed by atoms with van der Waals surface area (Å²) in [6.45, 7) is 11.0. The molecule has 3 heteroatoms. The van der Waals surface area contributed by atoms with Crippen molar-refractivity contribution in [1.82, 2.24) is 10.2 Å². The van der Waals surface area contributed by atoms with Gasteiger partial charge >= 0.3 is 0 Å². The Kier molecular flexibility index (Phi) is 6.76. The first kappa shape index (κ1) is 15.0. The molecular formula is C15H26N2O. The number of phenols is 1. The minimum absolute atomic E-state index is 0.325. The zero-order valence-electron chi connectivity index (χ0n) is 11.8. The molecule has 1 aromatic carbocycles. The molecule has 0 saturated heterocycles. The van der Waals surface area contributed by atoms with Crippen LogP contribution in [0.5, 0.6) is 5.75 Å². The van der Waals surface area contributed by atoms with Crippen LogP contribution in [-0.4, -0.2) is 36.2 Å². The van der Waals surface area contributed by atoms with E-state index in [-0.39, 0.29) is 0 Å². The van der Waals surface area contributed by atoms with Crippen LogP contribution in [0.4, 0.5) is 0 Å². The van der Waals surface area contributed by atoms with E-state index in [1.54, 1.807) is 12.1 Å². The van der Waals surface area contributed by atoms with Gasteiger partial charge in [-0.3, -0.25) is 0 Å². The van der Waals surface area contributed by atoms with Crippen molar-refractivity contribution in [3.8, 4) is 5.75 Å². The lowest BCUT2D eigenvalue weighted by molar-refractivity contribution is 0.284. The SMILES string of the molecule is CCCN(CC)CCNC(C)c1ccc(O)cc1. The highest BCUT2D eigenvalue weighted by molar-refractivity contribution is 5.27. The van der Waals surface area contributed by atoms with Crippen molar-refractivity contribution >= 4 is 0 Å². The summed E-state index contributed by atoms with van der Waals surface area (Å²) < 4.78 is 0. The third kappa shape index (κ3) is 5.07. The molecule has 1 rings (SSSR count). The Morgan fingerprint density at radius 3 is 2.39 bits per heavy atom. The van der Waals surface area contributed by atoms with Crippen molar-refractivity contribution in [2.75, 3.05) is 26.2 Å². The fraction of sp³-hybridized carbons (Fsp3) is 0.600. The predicted octanol–water partition coefficient (Wildman–Crippen LogP) is 2.77. The van der Waals surface area contributed by atoms with E-state index in [1.807, 2.05) is 12.1 Å². The van der Waals surface area contributed by atoms with Crippen LogP contribution in [0.25, 0.3) is 0 Å². The molecule has 0 amide bonds. The Bertz CT molecular complexity index is 324. The highest BCUT2D eigenvalue weighted by Crippen LogP contribution is 2.15. The second kappa shape index (κ2) is 8.11. The highest BCUT2D eigenvalue weighted by atomic mass is 16.3. The Hall–Kier alpha value is -1.06. The van der Waals surface area contributed by atoms with Crippen LogP contribution in [0.2, 0.25) is 0 Å². The molecule has 0 spiro atoms. The van der Waals surface area contributed by atoms with Crippen LogP contribution in [0.1, 0.15) is 38.8 Å². The van der Waals surface area contributed by atoms with E-state index in [9.17, 15) is 5.11 Å². The van der Waals surface area contributed by atoms with Gasteiger partial charge < -0.3 is 15.3 Å². The summed E-state index contributed by atoms with van der Waals surface area (Å²) in [5.41, 5.74) is 1.21. The van der Waals surface area contributed by atoms with E-state index < -0.39 is 0 Å². The Labute approximate surface area is 111 Å². The molecule has 0 heterocycles. The van der Waals surface area contributed by atoms with Crippen LogP contribution in [0.15, 0.2) is 24.3 Å². The summed E-state index contributed by atoms with van der Waals surface area (Å²) in [4.78, 5) is 2.45. The molecule has 0 bridgehead atoms. The summed E-state index contributed by atoms with van der Waals surface area (Å²) in [5.74, 6) is 0.325. The van der Waals surface area contributed by atoms with Gasteiger partial charge in [0.2, 0.25) is 0 Å². The Morgan fingerprint density at radius 1 is 1.17 bits per heavy atom. The van der Waals surface area contributed by atoms with Crippen LogP contribution >= 0.6 is 0 Å². The number of hydrogen-bond acceptors (Lipinski definition) is 3. The first-order valence-corrected chi connectivity index (χ1v) is 6.92. The second-order valence-corrected chi connectivity index (χ2v) is 4.70. The fourth-order valence-electron chi connectivity index (χ4n) is 2.06. The molecule has 102 valence electrons. The van der Waals surface area contributed by atoms with Crippen molar-refractivity contribution in [2.24, 2.45) is 0 Å². The van der Waals surface area contributed by atoms with Gasteiger partial charge in [-0.15, -0.1) is 0 Å². The third-order valence-corrected chi connectivity index (χ3v) is 3.26. The van der Waals surface area contributed by atoms with Crippen LogP contribution in [0, 0.1) is 0 Å². The number of benzene rings is 1. The maximum atomic E-state index is 9.25. The van der Waals surface area contributed by atoms with Crippen molar-refractivity contribution in [3.05, 3.63) is 29.8 Å². The quantitative estimate of drug-likeness (QED) is 0.744.